The molecule has 0 aliphatic carbocycles. The van der Waals surface area contributed by atoms with Crippen LogP contribution in [0, 0.1) is 12.3 Å². The summed E-state index contributed by atoms with van der Waals surface area (Å²) in [6, 6.07) is 0. The third kappa shape index (κ3) is 1.79. The van der Waals surface area contributed by atoms with E-state index in [-0.39, 0.29) is 12.4 Å². The highest BCUT2D eigenvalue weighted by Crippen LogP contribution is 1.85. The topological polar surface area (TPSA) is 68.0 Å². The van der Waals surface area contributed by atoms with E-state index < -0.39 is 5.91 Å². The minimum absolute atomic E-state index is 0.0137. The van der Waals surface area contributed by atoms with Crippen LogP contribution in [0.4, 0.5) is 0 Å². The Morgan fingerprint density at radius 2 is 2.73 bits per heavy atom. The minimum Gasteiger partial charge on any atom is -0.342 e. The van der Waals surface area contributed by atoms with Gasteiger partial charge in [-0.2, -0.15) is 4.98 Å². The van der Waals surface area contributed by atoms with E-state index in [9.17, 15) is 4.79 Å². The monoisotopic (exact) mass is 151 g/mol. The van der Waals surface area contributed by atoms with Crippen LogP contribution in [0.15, 0.2) is 10.9 Å². The summed E-state index contributed by atoms with van der Waals surface area (Å²) in [6.07, 6.45) is 5.98. The summed E-state index contributed by atoms with van der Waals surface area (Å²) in [5, 5.41) is 5.68. The van der Waals surface area contributed by atoms with Gasteiger partial charge in [0.15, 0.2) is 0 Å². The molecule has 0 bridgehead atoms. The van der Waals surface area contributed by atoms with Crippen molar-refractivity contribution in [2.75, 3.05) is 6.54 Å². The maximum atomic E-state index is 10.9. The summed E-state index contributed by atoms with van der Waals surface area (Å²) in [5.74, 6) is 1.80. The summed E-state index contributed by atoms with van der Waals surface area (Å²) in [7, 11) is 0. The number of hydrogen-bond donors (Lipinski definition) is 1. The van der Waals surface area contributed by atoms with Crippen molar-refractivity contribution in [3.8, 4) is 12.3 Å². The predicted molar refractivity (Wildman–Crippen MR) is 35.5 cm³/mol. The molecule has 5 nitrogen and oxygen atoms in total. The zero-order chi connectivity index (χ0) is 8.10. The Kier molecular flexibility index (Phi) is 2.23. The molecule has 1 rings (SSSR count). The van der Waals surface area contributed by atoms with Crippen LogP contribution in [0.1, 0.15) is 10.6 Å². The molecule has 56 valence electrons. The quantitative estimate of drug-likeness (QED) is 0.575. The number of aromatic nitrogens is 2. The van der Waals surface area contributed by atoms with Crippen molar-refractivity contribution < 1.29 is 9.32 Å². The maximum absolute atomic E-state index is 10.9. The predicted octanol–water partition coefficient (Wildman–Crippen LogP) is -0.567. The fourth-order valence-electron chi connectivity index (χ4n) is 0.481. The highest BCUT2D eigenvalue weighted by atomic mass is 16.5. The Hall–Kier alpha value is -1.83. The number of carbonyl (C=O) groups is 1. The molecular weight excluding hydrogens is 146 g/mol. The van der Waals surface area contributed by atoms with E-state index in [1.807, 2.05) is 0 Å². The van der Waals surface area contributed by atoms with Gasteiger partial charge in [0.2, 0.25) is 6.39 Å². The molecule has 0 aliphatic rings. The van der Waals surface area contributed by atoms with Crippen molar-refractivity contribution in [3.63, 3.8) is 0 Å². The van der Waals surface area contributed by atoms with Crippen LogP contribution in [0.5, 0.6) is 0 Å². The lowest BCUT2D eigenvalue weighted by Gasteiger charge is -1.92. The molecule has 0 aliphatic heterocycles. The van der Waals surface area contributed by atoms with Crippen molar-refractivity contribution >= 4 is 5.91 Å². The average Bonchev–Trinajstić information content (AvgIpc) is 2.52. The highest BCUT2D eigenvalue weighted by Gasteiger charge is 2.07. The van der Waals surface area contributed by atoms with Gasteiger partial charge >= 0.3 is 0 Å². The summed E-state index contributed by atoms with van der Waals surface area (Å²) >= 11 is 0. The SMILES string of the molecule is C#CCNC(=O)c1ncon1. The normalized spacial score (nSPS) is 8.64. The molecule has 0 saturated heterocycles. The lowest BCUT2D eigenvalue weighted by Crippen LogP contribution is -2.24. The van der Waals surface area contributed by atoms with Crippen molar-refractivity contribution in [1.82, 2.24) is 15.5 Å². The van der Waals surface area contributed by atoms with E-state index in [0.717, 1.165) is 6.39 Å². The van der Waals surface area contributed by atoms with Crippen molar-refractivity contribution in [2.24, 2.45) is 0 Å². The van der Waals surface area contributed by atoms with Crippen LogP contribution in [0.25, 0.3) is 0 Å². The minimum atomic E-state index is -0.434. The van der Waals surface area contributed by atoms with Crippen LogP contribution < -0.4 is 5.32 Å². The van der Waals surface area contributed by atoms with Crippen LogP contribution in [-0.4, -0.2) is 22.6 Å². The molecule has 5 heteroatoms. The first kappa shape index (κ1) is 7.28. The van der Waals surface area contributed by atoms with Crippen molar-refractivity contribution in [1.29, 1.82) is 0 Å². The second kappa shape index (κ2) is 3.37. The third-order valence-electron chi connectivity index (χ3n) is 0.915. The fourth-order valence-corrected chi connectivity index (χ4v) is 0.481. The zero-order valence-electron chi connectivity index (χ0n) is 5.57. The summed E-state index contributed by atoms with van der Waals surface area (Å²) < 4.78 is 4.34. The molecule has 1 aromatic heterocycles. The van der Waals surface area contributed by atoms with Crippen LogP contribution in [0.2, 0.25) is 0 Å². The largest absolute Gasteiger partial charge is 0.342 e. The Labute approximate surface area is 62.8 Å². The Bertz CT molecular complexity index is 273. The molecule has 0 atom stereocenters. The van der Waals surface area contributed by atoms with Gasteiger partial charge < -0.3 is 9.84 Å². The van der Waals surface area contributed by atoms with Gasteiger partial charge in [-0.05, 0) is 0 Å². The van der Waals surface area contributed by atoms with Gasteiger partial charge in [0.1, 0.15) is 0 Å². The number of nitrogens with zero attached hydrogens (tertiary/aromatic N) is 2. The van der Waals surface area contributed by atoms with Gasteiger partial charge in [-0.1, -0.05) is 11.1 Å². The fraction of sp³-hybridized carbons (Fsp3) is 0.167. The second-order valence-electron chi connectivity index (χ2n) is 1.64. The molecule has 1 heterocycles. The van der Waals surface area contributed by atoms with E-state index in [4.69, 9.17) is 6.42 Å². The summed E-state index contributed by atoms with van der Waals surface area (Å²) in [4.78, 5) is 14.4. The Balaban J connectivity index is 2.51. The molecular formula is C6H5N3O2. The molecule has 0 spiro atoms. The molecule has 1 aromatic rings. The first-order chi connectivity index (χ1) is 5.34. The third-order valence-corrected chi connectivity index (χ3v) is 0.915. The Morgan fingerprint density at radius 1 is 1.91 bits per heavy atom. The summed E-state index contributed by atoms with van der Waals surface area (Å²) in [6.45, 7) is 0.160. The lowest BCUT2D eigenvalue weighted by atomic mass is 10.5. The number of terminal acetylenes is 1. The number of nitrogens with one attached hydrogen (secondary N) is 1. The highest BCUT2D eigenvalue weighted by molar-refractivity contribution is 5.90. The van der Waals surface area contributed by atoms with Crippen LogP contribution in [0.3, 0.4) is 0 Å². The first-order valence-corrected chi connectivity index (χ1v) is 2.82. The molecule has 0 fully saturated rings. The zero-order valence-corrected chi connectivity index (χ0v) is 5.57. The molecule has 0 aromatic carbocycles. The van der Waals surface area contributed by atoms with Crippen molar-refractivity contribution in [3.05, 3.63) is 12.2 Å². The second-order valence-corrected chi connectivity index (χ2v) is 1.64. The number of rotatable bonds is 2. The number of amides is 1. The maximum Gasteiger partial charge on any atom is 0.293 e. The molecule has 0 unspecified atom stereocenters. The van der Waals surface area contributed by atoms with Gasteiger partial charge in [-0.3, -0.25) is 4.79 Å². The van der Waals surface area contributed by atoms with E-state index in [1.54, 1.807) is 0 Å². The standard InChI is InChI=1S/C6H5N3O2/c1-2-3-7-6(10)5-8-4-11-9-5/h1,4H,3H2,(H,7,10). The van der Waals surface area contributed by atoms with E-state index in [1.165, 1.54) is 0 Å². The van der Waals surface area contributed by atoms with Gasteiger partial charge in [0, 0.05) is 0 Å². The number of carbonyl (C=O) groups excluding carboxylic acids is 1. The molecule has 1 N–H and O–H groups in total. The van der Waals surface area contributed by atoms with Gasteiger partial charge in [-0.15, -0.1) is 6.42 Å². The molecule has 1 amide bonds. The summed E-state index contributed by atoms with van der Waals surface area (Å²) in [5.41, 5.74) is 0. The molecule has 0 radical (unpaired) electrons. The number of hydrogen-bond acceptors (Lipinski definition) is 4. The molecule has 11 heavy (non-hydrogen) atoms. The van der Waals surface area contributed by atoms with Gasteiger partial charge in [0.25, 0.3) is 11.7 Å². The molecule has 0 saturated carbocycles. The lowest BCUT2D eigenvalue weighted by molar-refractivity contribution is 0.0945. The smallest absolute Gasteiger partial charge is 0.293 e. The van der Waals surface area contributed by atoms with Gasteiger partial charge in [-0.25, -0.2) is 0 Å². The van der Waals surface area contributed by atoms with E-state index in [2.05, 4.69) is 25.9 Å². The van der Waals surface area contributed by atoms with E-state index in [0.29, 0.717) is 0 Å². The first-order valence-electron chi connectivity index (χ1n) is 2.82. The van der Waals surface area contributed by atoms with Crippen LogP contribution in [-0.2, 0) is 0 Å². The van der Waals surface area contributed by atoms with Crippen LogP contribution >= 0.6 is 0 Å². The average molecular weight is 151 g/mol. The van der Waals surface area contributed by atoms with E-state index >= 15 is 0 Å². The van der Waals surface area contributed by atoms with Gasteiger partial charge in [0.05, 0.1) is 6.54 Å². The Morgan fingerprint density at radius 3 is 3.27 bits per heavy atom. The van der Waals surface area contributed by atoms with Crippen molar-refractivity contribution in [2.45, 2.75) is 0 Å².